The van der Waals surface area contributed by atoms with E-state index in [1.165, 1.54) is 0 Å². The molecule has 1 amide bonds. The van der Waals surface area contributed by atoms with Crippen LogP contribution in [0.3, 0.4) is 0 Å². The first kappa shape index (κ1) is 13.3. The lowest BCUT2D eigenvalue weighted by molar-refractivity contribution is -0.127. The van der Waals surface area contributed by atoms with E-state index < -0.39 is 0 Å². The molecule has 0 aliphatic rings. The van der Waals surface area contributed by atoms with E-state index in [1.54, 1.807) is 31.4 Å². The molecule has 5 nitrogen and oxygen atoms in total. The van der Waals surface area contributed by atoms with Gasteiger partial charge in [0.25, 0.3) is 0 Å². The zero-order chi connectivity index (χ0) is 12.8. The third kappa shape index (κ3) is 3.94. The topological polar surface area (TPSA) is 48.5 Å². The largest absolute Gasteiger partial charge is 0.384 e. The minimum absolute atomic E-state index is 0.0707. The van der Waals surface area contributed by atoms with Crippen LogP contribution in [0.1, 0.15) is 6.92 Å². The van der Waals surface area contributed by atoms with Crippen molar-refractivity contribution in [1.29, 1.82) is 0 Å². The van der Waals surface area contributed by atoms with Crippen LogP contribution in [0, 0.1) is 0 Å². The summed E-state index contributed by atoms with van der Waals surface area (Å²) in [5, 5.41) is 3.19. The molecule has 0 aromatic carbocycles. The lowest BCUT2D eigenvalue weighted by atomic mass is 10.3. The Kier molecular flexibility index (Phi) is 4.75. The number of carbonyl (C=O) groups excluding carboxylic acids is 1. The van der Waals surface area contributed by atoms with Gasteiger partial charge in [0.2, 0.25) is 5.91 Å². The second-order valence-corrected chi connectivity index (χ2v) is 4.11. The fraction of sp³-hybridized carbons (Fsp3) is 0.500. The predicted octanol–water partition coefficient (Wildman–Crippen LogP) is 1.04. The number of carbonyl (C=O) groups is 1. The zero-order valence-electron chi connectivity index (χ0n) is 10.9. The molecule has 0 aliphatic heterocycles. The van der Waals surface area contributed by atoms with Crippen LogP contribution in [0.4, 0.5) is 11.4 Å². The van der Waals surface area contributed by atoms with Crippen LogP contribution >= 0.6 is 0 Å². The number of pyridine rings is 1. The van der Waals surface area contributed by atoms with Crippen molar-refractivity contribution in [2.45, 2.75) is 6.92 Å². The van der Waals surface area contributed by atoms with Crippen molar-refractivity contribution in [3.8, 4) is 0 Å². The molecule has 1 rings (SSSR count). The molecule has 5 heteroatoms. The first-order valence-electron chi connectivity index (χ1n) is 5.64. The number of anilines is 2. The average Bonchev–Trinajstić information content (AvgIpc) is 2.29. The van der Waals surface area contributed by atoms with Crippen molar-refractivity contribution >= 4 is 17.3 Å². The quantitative estimate of drug-likeness (QED) is 0.830. The normalized spacial score (nSPS) is 9.88. The van der Waals surface area contributed by atoms with Gasteiger partial charge in [0.05, 0.1) is 30.3 Å². The van der Waals surface area contributed by atoms with E-state index in [0.29, 0.717) is 6.54 Å². The Labute approximate surface area is 102 Å². The lowest BCUT2D eigenvalue weighted by Crippen LogP contribution is -2.34. The Hall–Kier alpha value is -1.78. The van der Waals surface area contributed by atoms with Crippen molar-refractivity contribution in [3.05, 3.63) is 18.5 Å². The lowest BCUT2D eigenvalue weighted by Gasteiger charge is -2.21. The SMILES string of the molecule is CCNc1cncc(N(C)CC(=O)N(C)C)c1. The van der Waals surface area contributed by atoms with Crippen LogP contribution < -0.4 is 10.2 Å². The summed E-state index contributed by atoms with van der Waals surface area (Å²) in [6, 6.07) is 1.99. The van der Waals surface area contributed by atoms with Gasteiger partial charge < -0.3 is 15.1 Å². The van der Waals surface area contributed by atoms with E-state index in [4.69, 9.17) is 0 Å². The maximum absolute atomic E-state index is 11.6. The molecule has 1 heterocycles. The molecule has 0 saturated heterocycles. The van der Waals surface area contributed by atoms with Gasteiger partial charge >= 0.3 is 0 Å². The summed E-state index contributed by atoms with van der Waals surface area (Å²) in [6.07, 6.45) is 3.53. The molecule has 0 fully saturated rings. The smallest absolute Gasteiger partial charge is 0.241 e. The highest BCUT2D eigenvalue weighted by Gasteiger charge is 2.09. The summed E-state index contributed by atoms with van der Waals surface area (Å²) in [5.74, 6) is 0.0707. The minimum atomic E-state index is 0.0707. The summed E-state index contributed by atoms with van der Waals surface area (Å²) in [6.45, 7) is 3.24. The fourth-order valence-electron chi connectivity index (χ4n) is 1.37. The second-order valence-electron chi connectivity index (χ2n) is 4.11. The van der Waals surface area contributed by atoms with Crippen LogP contribution in [0.25, 0.3) is 0 Å². The molecule has 0 unspecified atom stereocenters. The number of likely N-dealkylation sites (N-methyl/N-ethyl adjacent to an activating group) is 2. The van der Waals surface area contributed by atoms with E-state index in [1.807, 2.05) is 24.9 Å². The molecular weight excluding hydrogens is 216 g/mol. The molecule has 1 aromatic rings. The first-order chi connectivity index (χ1) is 8.04. The Balaban J connectivity index is 2.71. The number of amides is 1. The van der Waals surface area contributed by atoms with Crippen molar-refractivity contribution in [3.63, 3.8) is 0 Å². The molecule has 0 aliphatic carbocycles. The van der Waals surface area contributed by atoms with E-state index in [2.05, 4.69) is 10.3 Å². The second kappa shape index (κ2) is 6.08. The number of hydrogen-bond donors (Lipinski definition) is 1. The van der Waals surface area contributed by atoms with Crippen LogP contribution in [0.2, 0.25) is 0 Å². The van der Waals surface area contributed by atoms with Crippen molar-refractivity contribution in [2.24, 2.45) is 0 Å². The maximum atomic E-state index is 11.6. The van der Waals surface area contributed by atoms with E-state index in [0.717, 1.165) is 17.9 Å². The number of rotatable bonds is 5. The van der Waals surface area contributed by atoms with Crippen molar-refractivity contribution < 1.29 is 4.79 Å². The van der Waals surface area contributed by atoms with Crippen LogP contribution in [-0.2, 0) is 4.79 Å². The Bertz CT molecular complexity index is 379. The van der Waals surface area contributed by atoms with Gasteiger partial charge in [-0.1, -0.05) is 0 Å². The van der Waals surface area contributed by atoms with Gasteiger partial charge in [-0.25, -0.2) is 0 Å². The predicted molar refractivity (Wildman–Crippen MR) is 70.4 cm³/mol. The highest BCUT2D eigenvalue weighted by molar-refractivity contribution is 5.81. The molecule has 1 N–H and O–H groups in total. The summed E-state index contributed by atoms with van der Waals surface area (Å²) in [4.78, 5) is 19.2. The molecule has 0 atom stereocenters. The standard InChI is InChI=1S/C12H20N4O/c1-5-14-10-6-11(8-13-7-10)16(4)9-12(17)15(2)3/h6-8,14H,5,9H2,1-4H3. The van der Waals surface area contributed by atoms with Crippen LogP contribution in [-0.4, -0.2) is 50.0 Å². The monoisotopic (exact) mass is 236 g/mol. The first-order valence-corrected chi connectivity index (χ1v) is 5.64. The average molecular weight is 236 g/mol. The van der Waals surface area contributed by atoms with Crippen LogP contribution in [0.15, 0.2) is 18.5 Å². The van der Waals surface area contributed by atoms with Gasteiger partial charge in [-0.05, 0) is 13.0 Å². The van der Waals surface area contributed by atoms with E-state index >= 15 is 0 Å². The molecule has 17 heavy (non-hydrogen) atoms. The molecule has 1 aromatic heterocycles. The van der Waals surface area contributed by atoms with Crippen molar-refractivity contribution in [2.75, 3.05) is 44.4 Å². The number of aromatic nitrogens is 1. The van der Waals surface area contributed by atoms with Crippen molar-refractivity contribution in [1.82, 2.24) is 9.88 Å². The third-order valence-electron chi connectivity index (χ3n) is 2.42. The summed E-state index contributed by atoms with van der Waals surface area (Å²) in [5.41, 5.74) is 1.90. The number of hydrogen-bond acceptors (Lipinski definition) is 4. The van der Waals surface area contributed by atoms with Gasteiger partial charge in [0.1, 0.15) is 0 Å². The maximum Gasteiger partial charge on any atom is 0.241 e. The number of nitrogens with one attached hydrogen (secondary N) is 1. The Morgan fingerprint density at radius 3 is 2.65 bits per heavy atom. The Morgan fingerprint density at radius 2 is 2.06 bits per heavy atom. The zero-order valence-corrected chi connectivity index (χ0v) is 10.9. The van der Waals surface area contributed by atoms with Gasteiger partial charge in [-0.15, -0.1) is 0 Å². The molecule has 0 radical (unpaired) electrons. The summed E-state index contributed by atoms with van der Waals surface area (Å²) >= 11 is 0. The van der Waals surface area contributed by atoms with E-state index in [-0.39, 0.29) is 5.91 Å². The number of nitrogens with zero attached hydrogens (tertiary/aromatic N) is 3. The minimum Gasteiger partial charge on any atom is -0.384 e. The summed E-state index contributed by atoms with van der Waals surface area (Å²) < 4.78 is 0. The highest BCUT2D eigenvalue weighted by Crippen LogP contribution is 2.16. The molecular formula is C12H20N4O. The fourth-order valence-corrected chi connectivity index (χ4v) is 1.37. The van der Waals surface area contributed by atoms with E-state index in [9.17, 15) is 4.79 Å². The van der Waals surface area contributed by atoms with Gasteiger partial charge in [-0.3, -0.25) is 9.78 Å². The molecule has 0 bridgehead atoms. The highest BCUT2D eigenvalue weighted by atomic mass is 16.2. The Morgan fingerprint density at radius 1 is 1.35 bits per heavy atom. The molecule has 0 spiro atoms. The summed E-state index contributed by atoms with van der Waals surface area (Å²) in [7, 11) is 5.39. The molecule has 94 valence electrons. The molecule has 0 saturated carbocycles. The van der Waals surface area contributed by atoms with Gasteiger partial charge in [0.15, 0.2) is 0 Å². The van der Waals surface area contributed by atoms with Crippen LogP contribution in [0.5, 0.6) is 0 Å². The van der Waals surface area contributed by atoms with Gasteiger partial charge in [-0.2, -0.15) is 0 Å². The van der Waals surface area contributed by atoms with Gasteiger partial charge in [0, 0.05) is 27.7 Å². The third-order valence-corrected chi connectivity index (χ3v) is 2.42.